The zero-order valence-corrected chi connectivity index (χ0v) is 10.3. The molecule has 0 unspecified atom stereocenters. The van der Waals surface area contributed by atoms with E-state index >= 15 is 0 Å². The lowest BCUT2D eigenvalue weighted by Gasteiger charge is -1.92. The van der Waals surface area contributed by atoms with Crippen LogP contribution in [0.3, 0.4) is 0 Å². The maximum Gasteiger partial charge on any atom is 0.358 e. The summed E-state index contributed by atoms with van der Waals surface area (Å²) in [4.78, 5) is 7.20. The molecule has 0 aromatic rings. The van der Waals surface area contributed by atoms with E-state index in [1.54, 1.807) is 0 Å². The topological polar surface area (TPSA) is 0 Å². The van der Waals surface area contributed by atoms with Crippen LogP contribution in [0.4, 0.5) is 0 Å². The minimum atomic E-state index is -0.828. The standard InChI is InChI=1S/3C4H7.Al/c3*1-3-4-2;/h3*1,3H,4H2,2H3;. The van der Waals surface area contributed by atoms with Gasteiger partial charge in [0.15, 0.2) is 0 Å². The molecule has 0 N–H and O–H groups in total. The molecule has 0 aliphatic heterocycles. The average Bonchev–Trinajstić information content (AvgIpc) is 2.17. The molecule has 1 heteroatoms. The van der Waals surface area contributed by atoms with E-state index in [0.29, 0.717) is 0 Å². The number of hydrogen-bond acceptors (Lipinski definition) is 0. The van der Waals surface area contributed by atoms with Crippen molar-refractivity contribution >= 4 is 14.1 Å². The van der Waals surface area contributed by atoms with Gasteiger partial charge in [-0.15, -0.1) is 33.0 Å². The van der Waals surface area contributed by atoms with Crippen LogP contribution in [0.1, 0.15) is 40.0 Å². The Morgan fingerprint density at radius 2 is 1.00 bits per heavy atom. The predicted octanol–water partition coefficient (Wildman–Crippen LogP) is 4.00. The highest BCUT2D eigenvalue weighted by Crippen LogP contribution is 1.96. The van der Waals surface area contributed by atoms with Gasteiger partial charge in [-0.05, 0) is 19.3 Å². The molecule has 0 radical (unpaired) electrons. The summed E-state index contributed by atoms with van der Waals surface area (Å²) in [6, 6.07) is 0. The number of allylic oxidation sites excluding steroid dienone is 3. The highest BCUT2D eigenvalue weighted by molar-refractivity contribution is 6.74. The van der Waals surface area contributed by atoms with Gasteiger partial charge in [-0.2, -0.15) is 0 Å². The van der Waals surface area contributed by atoms with Gasteiger partial charge in [0.2, 0.25) is 0 Å². The lowest BCUT2D eigenvalue weighted by Crippen LogP contribution is -2.01. The SMILES string of the molecule is CCC=[CH][Al]([CH]=CCC)[CH]=CCC. The second-order valence-electron chi connectivity index (χ2n) is 3.09. The molecular weight excluding hydrogens is 171 g/mol. The van der Waals surface area contributed by atoms with Crippen LogP contribution < -0.4 is 0 Å². The highest BCUT2D eigenvalue weighted by atomic mass is 27.2. The molecule has 0 bridgehead atoms. The van der Waals surface area contributed by atoms with Gasteiger partial charge in [0.25, 0.3) is 0 Å². The van der Waals surface area contributed by atoms with Crippen LogP contribution in [0.25, 0.3) is 0 Å². The van der Waals surface area contributed by atoms with E-state index in [0.717, 1.165) is 19.3 Å². The summed E-state index contributed by atoms with van der Waals surface area (Å²) in [6.45, 7) is 6.57. The molecule has 0 aliphatic carbocycles. The minimum absolute atomic E-state index is 0.828. The normalized spacial score (nSPS) is 12.2. The first-order valence-corrected chi connectivity index (χ1v) is 7.35. The van der Waals surface area contributed by atoms with Crippen molar-refractivity contribution in [2.75, 3.05) is 0 Å². The average molecular weight is 192 g/mol. The summed E-state index contributed by atoms with van der Waals surface area (Å²) in [5, 5.41) is 0. The van der Waals surface area contributed by atoms with E-state index in [2.05, 4.69) is 53.8 Å². The number of rotatable bonds is 6. The summed E-state index contributed by atoms with van der Waals surface area (Å²) in [6.07, 6.45) is 10.3. The molecule has 0 aromatic carbocycles. The van der Waals surface area contributed by atoms with Crippen molar-refractivity contribution in [3.63, 3.8) is 0 Å². The van der Waals surface area contributed by atoms with E-state index < -0.39 is 14.1 Å². The lowest BCUT2D eigenvalue weighted by molar-refractivity contribution is 1.22. The van der Waals surface area contributed by atoms with Gasteiger partial charge in [0, 0.05) is 0 Å². The Kier molecular flexibility index (Phi) is 9.65. The summed E-state index contributed by atoms with van der Waals surface area (Å²) in [5.41, 5.74) is 0. The molecule has 0 nitrogen and oxygen atoms in total. The van der Waals surface area contributed by atoms with Gasteiger partial charge >= 0.3 is 14.1 Å². The summed E-state index contributed by atoms with van der Waals surface area (Å²) >= 11 is -0.828. The predicted molar refractivity (Wildman–Crippen MR) is 64.0 cm³/mol. The van der Waals surface area contributed by atoms with Crippen LogP contribution in [-0.2, 0) is 0 Å². The van der Waals surface area contributed by atoms with Crippen LogP contribution >= 0.6 is 0 Å². The molecule has 0 saturated heterocycles. The minimum Gasteiger partial charge on any atom is -0.140 e. The van der Waals surface area contributed by atoms with Crippen molar-refractivity contribution in [2.45, 2.75) is 40.0 Å². The maximum atomic E-state index is 2.40. The Bertz CT molecular complexity index is 144. The Morgan fingerprint density at radius 3 is 1.23 bits per heavy atom. The van der Waals surface area contributed by atoms with Crippen LogP contribution in [0.2, 0.25) is 0 Å². The monoisotopic (exact) mass is 192 g/mol. The van der Waals surface area contributed by atoms with Gasteiger partial charge in [-0.1, -0.05) is 20.8 Å². The first-order chi connectivity index (χ1) is 6.35. The lowest BCUT2D eigenvalue weighted by atomic mass is 10.5. The van der Waals surface area contributed by atoms with Crippen molar-refractivity contribution in [1.29, 1.82) is 0 Å². The van der Waals surface area contributed by atoms with Crippen molar-refractivity contribution in [3.8, 4) is 0 Å². The molecule has 0 saturated carbocycles. The smallest absolute Gasteiger partial charge is 0.140 e. The largest absolute Gasteiger partial charge is 0.358 e. The van der Waals surface area contributed by atoms with Crippen molar-refractivity contribution in [1.82, 2.24) is 0 Å². The van der Waals surface area contributed by atoms with E-state index in [4.69, 9.17) is 0 Å². The van der Waals surface area contributed by atoms with Crippen LogP contribution in [-0.4, -0.2) is 14.1 Å². The van der Waals surface area contributed by atoms with Crippen LogP contribution in [0.5, 0.6) is 0 Å². The Hall–Kier alpha value is -0.248. The van der Waals surface area contributed by atoms with Crippen LogP contribution in [0.15, 0.2) is 33.0 Å². The highest BCUT2D eigenvalue weighted by Gasteiger charge is 2.02. The van der Waals surface area contributed by atoms with Gasteiger partial charge in [-0.25, -0.2) is 0 Å². The third-order valence-electron chi connectivity index (χ3n) is 1.78. The zero-order chi connectivity index (χ0) is 9.94. The Balaban J connectivity index is 4.10. The fraction of sp³-hybridized carbons (Fsp3) is 0.500. The van der Waals surface area contributed by atoms with Crippen molar-refractivity contribution in [3.05, 3.63) is 33.0 Å². The third kappa shape index (κ3) is 8.09. The first-order valence-electron chi connectivity index (χ1n) is 5.35. The third-order valence-corrected chi connectivity index (χ3v) is 3.93. The molecule has 0 amide bonds. The number of hydrogen-bond donors (Lipinski definition) is 0. The molecule has 0 fully saturated rings. The fourth-order valence-electron chi connectivity index (χ4n) is 1.07. The first kappa shape index (κ1) is 12.8. The van der Waals surface area contributed by atoms with E-state index in [1.165, 1.54) is 0 Å². The Morgan fingerprint density at radius 1 is 0.692 bits per heavy atom. The van der Waals surface area contributed by atoms with Crippen molar-refractivity contribution in [2.24, 2.45) is 0 Å². The summed E-state index contributed by atoms with van der Waals surface area (Å²) < 4.78 is 0. The van der Waals surface area contributed by atoms with E-state index in [1.807, 2.05) is 0 Å². The van der Waals surface area contributed by atoms with Crippen molar-refractivity contribution < 1.29 is 0 Å². The van der Waals surface area contributed by atoms with Gasteiger partial charge in [0.1, 0.15) is 0 Å². The molecule has 13 heavy (non-hydrogen) atoms. The summed E-state index contributed by atoms with van der Waals surface area (Å²) in [7, 11) is 0. The second kappa shape index (κ2) is 9.84. The molecule has 72 valence electrons. The molecule has 0 rings (SSSR count). The van der Waals surface area contributed by atoms with Gasteiger partial charge < -0.3 is 0 Å². The maximum absolute atomic E-state index is 2.40. The summed E-state index contributed by atoms with van der Waals surface area (Å²) in [5.74, 6) is 0. The second-order valence-corrected chi connectivity index (χ2v) is 5.40. The zero-order valence-electron chi connectivity index (χ0n) is 9.16. The fourth-order valence-corrected chi connectivity index (χ4v) is 3.22. The van der Waals surface area contributed by atoms with Crippen LogP contribution in [0, 0.1) is 0 Å². The molecule has 0 aliphatic rings. The molecule has 0 atom stereocenters. The van der Waals surface area contributed by atoms with E-state index in [9.17, 15) is 0 Å². The molecular formula is C12H21Al. The van der Waals surface area contributed by atoms with Gasteiger partial charge in [0.05, 0.1) is 0 Å². The Labute approximate surface area is 87.4 Å². The quantitative estimate of drug-likeness (QED) is 0.558. The molecule has 0 heterocycles. The molecule has 0 aromatic heterocycles. The molecule has 0 spiro atoms. The van der Waals surface area contributed by atoms with E-state index in [-0.39, 0.29) is 0 Å². The van der Waals surface area contributed by atoms with Gasteiger partial charge in [-0.3, -0.25) is 0 Å².